The first-order valence-corrected chi connectivity index (χ1v) is 10.6. The summed E-state index contributed by atoms with van der Waals surface area (Å²) >= 11 is 0. The Morgan fingerprint density at radius 3 is 2.87 bits per heavy atom. The zero-order valence-corrected chi connectivity index (χ0v) is 19.9. The second-order valence-corrected chi connectivity index (χ2v) is 7.79. The van der Waals surface area contributed by atoms with E-state index >= 15 is 0 Å². The molecule has 1 aromatic heterocycles. The van der Waals surface area contributed by atoms with Crippen LogP contribution in [0.4, 0.5) is 0 Å². The minimum atomic E-state index is 0. The molecule has 0 bridgehead atoms. The number of benzene rings is 1. The fourth-order valence-corrected chi connectivity index (χ4v) is 4.20. The molecule has 0 aliphatic carbocycles. The highest BCUT2D eigenvalue weighted by atomic mass is 127. The molecule has 4 rings (SSSR count). The highest BCUT2D eigenvalue weighted by Crippen LogP contribution is 2.28. The SMILES string of the molecule is COc1ccc(CN=C(NCCc2ccco2)N2CCC3OCCCC3C2)cc1.I. The van der Waals surface area contributed by atoms with Gasteiger partial charge in [0.05, 0.1) is 26.0 Å². The minimum absolute atomic E-state index is 0. The van der Waals surface area contributed by atoms with E-state index in [-0.39, 0.29) is 24.0 Å². The van der Waals surface area contributed by atoms with E-state index in [2.05, 4.69) is 22.3 Å². The summed E-state index contributed by atoms with van der Waals surface area (Å²) in [6.45, 7) is 4.36. The zero-order valence-electron chi connectivity index (χ0n) is 17.6. The molecule has 1 N–H and O–H groups in total. The smallest absolute Gasteiger partial charge is 0.194 e. The second-order valence-electron chi connectivity index (χ2n) is 7.79. The molecule has 0 saturated carbocycles. The second kappa shape index (κ2) is 11.6. The third-order valence-corrected chi connectivity index (χ3v) is 5.82. The Kier molecular flexibility index (Phi) is 8.87. The van der Waals surface area contributed by atoms with Crippen molar-refractivity contribution in [3.63, 3.8) is 0 Å². The Labute approximate surface area is 196 Å². The lowest BCUT2D eigenvalue weighted by Crippen LogP contribution is -2.52. The highest BCUT2D eigenvalue weighted by molar-refractivity contribution is 14.0. The Morgan fingerprint density at radius 2 is 2.10 bits per heavy atom. The molecule has 30 heavy (non-hydrogen) atoms. The topological polar surface area (TPSA) is 59.2 Å². The van der Waals surface area contributed by atoms with Crippen LogP contribution in [-0.2, 0) is 17.7 Å². The van der Waals surface area contributed by atoms with Gasteiger partial charge in [-0.05, 0) is 49.1 Å². The van der Waals surface area contributed by atoms with E-state index in [9.17, 15) is 0 Å². The van der Waals surface area contributed by atoms with Gasteiger partial charge in [-0.3, -0.25) is 0 Å². The molecule has 7 heteroatoms. The maximum absolute atomic E-state index is 5.98. The monoisotopic (exact) mass is 525 g/mol. The van der Waals surface area contributed by atoms with Crippen molar-refractivity contribution >= 4 is 29.9 Å². The molecule has 2 saturated heterocycles. The molecule has 6 nitrogen and oxygen atoms in total. The normalized spacial score (nSPS) is 21.5. The van der Waals surface area contributed by atoms with Crippen LogP contribution in [0.2, 0.25) is 0 Å². The number of nitrogens with zero attached hydrogens (tertiary/aromatic N) is 2. The van der Waals surface area contributed by atoms with Crippen LogP contribution in [0, 0.1) is 5.92 Å². The van der Waals surface area contributed by atoms with Gasteiger partial charge in [-0.1, -0.05) is 12.1 Å². The molecule has 2 atom stereocenters. The van der Waals surface area contributed by atoms with Crippen LogP contribution in [0.5, 0.6) is 5.75 Å². The molecule has 0 radical (unpaired) electrons. The van der Waals surface area contributed by atoms with Gasteiger partial charge < -0.3 is 24.1 Å². The largest absolute Gasteiger partial charge is 0.497 e. The van der Waals surface area contributed by atoms with Crippen molar-refractivity contribution in [2.75, 3.05) is 33.4 Å². The molecule has 2 aromatic rings. The third kappa shape index (κ3) is 6.14. The van der Waals surface area contributed by atoms with Crippen LogP contribution < -0.4 is 10.1 Å². The van der Waals surface area contributed by atoms with Crippen LogP contribution in [0.25, 0.3) is 0 Å². The number of furan rings is 1. The molecule has 164 valence electrons. The maximum Gasteiger partial charge on any atom is 0.194 e. The van der Waals surface area contributed by atoms with Crippen molar-refractivity contribution in [2.45, 2.75) is 38.3 Å². The van der Waals surface area contributed by atoms with Gasteiger partial charge in [-0.15, -0.1) is 24.0 Å². The van der Waals surface area contributed by atoms with E-state index in [1.54, 1.807) is 13.4 Å². The third-order valence-electron chi connectivity index (χ3n) is 5.82. The number of hydrogen-bond acceptors (Lipinski definition) is 4. The summed E-state index contributed by atoms with van der Waals surface area (Å²) in [6, 6.07) is 12.1. The Hall–Kier alpha value is -1.74. The lowest BCUT2D eigenvalue weighted by atomic mass is 9.88. The number of piperidine rings is 1. The van der Waals surface area contributed by atoms with Crippen molar-refractivity contribution < 1.29 is 13.9 Å². The number of ether oxygens (including phenoxy) is 2. The summed E-state index contributed by atoms with van der Waals surface area (Å²) < 4.78 is 16.7. The van der Waals surface area contributed by atoms with E-state index in [4.69, 9.17) is 18.9 Å². The molecule has 2 unspecified atom stereocenters. The van der Waals surface area contributed by atoms with Crippen LogP contribution in [-0.4, -0.2) is 50.3 Å². The summed E-state index contributed by atoms with van der Waals surface area (Å²) in [5.41, 5.74) is 1.17. The Morgan fingerprint density at radius 1 is 1.23 bits per heavy atom. The summed E-state index contributed by atoms with van der Waals surface area (Å²) in [5.74, 6) is 3.45. The van der Waals surface area contributed by atoms with Crippen molar-refractivity contribution in [2.24, 2.45) is 10.9 Å². The maximum atomic E-state index is 5.98. The average Bonchev–Trinajstić information content (AvgIpc) is 3.29. The number of aliphatic imine (C=N–C) groups is 1. The summed E-state index contributed by atoms with van der Waals surface area (Å²) in [7, 11) is 1.69. The Bertz CT molecular complexity index is 780. The Balaban J connectivity index is 0.00000256. The van der Waals surface area contributed by atoms with E-state index in [1.807, 2.05) is 24.3 Å². The molecule has 1 aromatic carbocycles. The average molecular weight is 525 g/mol. The van der Waals surface area contributed by atoms with Gasteiger partial charge in [0, 0.05) is 38.6 Å². The first-order valence-electron chi connectivity index (χ1n) is 10.6. The number of fused-ring (bicyclic) bond motifs is 1. The fourth-order valence-electron chi connectivity index (χ4n) is 4.20. The molecular formula is C23H32IN3O3. The number of nitrogens with one attached hydrogen (secondary N) is 1. The van der Waals surface area contributed by atoms with Gasteiger partial charge in [0.2, 0.25) is 0 Å². The predicted molar refractivity (Wildman–Crippen MR) is 129 cm³/mol. The van der Waals surface area contributed by atoms with Gasteiger partial charge in [0.15, 0.2) is 5.96 Å². The highest BCUT2D eigenvalue weighted by Gasteiger charge is 2.33. The lowest BCUT2D eigenvalue weighted by Gasteiger charge is -2.42. The molecule has 2 fully saturated rings. The molecule has 0 spiro atoms. The van der Waals surface area contributed by atoms with Gasteiger partial charge in [0.1, 0.15) is 11.5 Å². The number of methoxy groups -OCH3 is 1. The standard InChI is InChI=1S/C23H31N3O3.HI/c1-27-20-8-6-18(7-9-20)16-25-23(24-12-10-21-5-3-14-28-21)26-13-11-22-19(17-26)4-2-15-29-22;/h3,5-9,14,19,22H,2,4,10-13,15-17H2,1H3,(H,24,25);1H. The van der Waals surface area contributed by atoms with Crippen molar-refractivity contribution in [3.8, 4) is 5.75 Å². The number of rotatable bonds is 6. The summed E-state index contributed by atoms with van der Waals surface area (Å²) in [5, 5.41) is 3.57. The zero-order chi connectivity index (χ0) is 19.9. The van der Waals surface area contributed by atoms with Crippen molar-refractivity contribution in [1.29, 1.82) is 0 Å². The van der Waals surface area contributed by atoms with Crippen LogP contribution in [0.1, 0.15) is 30.6 Å². The number of likely N-dealkylation sites (tertiary alicyclic amines) is 1. The summed E-state index contributed by atoms with van der Waals surface area (Å²) in [6.07, 6.45) is 6.48. The molecular weight excluding hydrogens is 493 g/mol. The van der Waals surface area contributed by atoms with E-state index in [0.29, 0.717) is 18.6 Å². The van der Waals surface area contributed by atoms with Gasteiger partial charge in [-0.25, -0.2) is 4.99 Å². The van der Waals surface area contributed by atoms with E-state index < -0.39 is 0 Å². The van der Waals surface area contributed by atoms with Gasteiger partial charge in [0.25, 0.3) is 0 Å². The van der Waals surface area contributed by atoms with Gasteiger partial charge >= 0.3 is 0 Å². The first kappa shape index (κ1) is 22.9. The van der Waals surface area contributed by atoms with Gasteiger partial charge in [-0.2, -0.15) is 0 Å². The quantitative estimate of drug-likeness (QED) is 0.350. The molecule has 2 aliphatic rings. The van der Waals surface area contributed by atoms with E-state index in [0.717, 1.165) is 56.6 Å². The number of guanidine groups is 1. The van der Waals surface area contributed by atoms with Crippen LogP contribution >= 0.6 is 24.0 Å². The molecule has 3 heterocycles. The molecule has 2 aliphatic heterocycles. The predicted octanol–water partition coefficient (Wildman–Crippen LogP) is 4.10. The van der Waals surface area contributed by atoms with Crippen LogP contribution in [0.15, 0.2) is 52.1 Å². The van der Waals surface area contributed by atoms with E-state index in [1.165, 1.54) is 18.4 Å². The minimum Gasteiger partial charge on any atom is -0.497 e. The first-order chi connectivity index (χ1) is 14.3. The molecule has 0 amide bonds. The fraction of sp³-hybridized carbons (Fsp3) is 0.522. The lowest BCUT2D eigenvalue weighted by molar-refractivity contribution is -0.0559. The summed E-state index contributed by atoms with van der Waals surface area (Å²) in [4.78, 5) is 7.35. The van der Waals surface area contributed by atoms with Crippen molar-refractivity contribution in [3.05, 3.63) is 54.0 Å². The van der Waals surface area contributed by atoms with Crippen molar-refractivity contribution in [1.82, 2.24) is 10.2 Å². The number of hydrogen-bond donors (Lipinski definition) is 1. The number of halogens is 1. The van der Waals surface area contributed by atoms with Crippen LogP contribution in [0.3, 0.4) is 0 Å².